The molecule has 1 rings (SSSR count). The number of benzene rings is 1. The molecule has 0 spiro atoms. The van der Waals surface area contributed by atoms with Crippen LogP contribution in [0.25, 0.3) is 0 Å². The summed E-state index contributed by atoms with van der Waals surface area (Å²) in [6, 6.07) is 5.57. The zero-order valence-electron chi connectivity index (χ0n) is 11.1. The number of rotatable bonds is 5. The van der Waals surface area contributed by atoms with Crippen molar-refractivity contribution in [2.75, 3.05) is 19.9 Å². The number of methoxy groups -OCH3 is 1. The molecule has 1 aromatic carbocycles. The van der Waals surface area contributed by atoms with E-state index in [4.69, 9.17) is 0 Å². The molecule has 2 N–H and O–H groups in total. The zero-order valence-corrected chi connectivity index (χ0v) is 11.9. The fourth-order valence-corrected chi connectivity index (χ4v) is 1.92. The van der Waals surface area contributed by atoms with Crippen LogP contribution in [0.1, 0.15) is 15.9 Å². The molecule has 104 valence electrons. The lowest BCUT2D eigenvalue weighted by atomic mass is 10.1. The Labute approximate surface area is 116 Å². The highest BCUT2D eigenvalue weighted by Gasteiger charge is 2.17. The Hall–Kier alpha value is -1.53. The smallest absolute Gasteiger partial charge is 0.336 e. The third-order valence-electron chi connectivity index (χ3n) is 2.62. The van der Waals surface area contributed by atoms with Crippen LogP contribution in [-0.4, -0.2) is 43.0 Å². The summed E-state index contributed by atoms with van der Waals surface area (Å²) >= 11 is 1.54. The lowest BCUT2D eigenvalue weighted by Gasteiger charge is -2.11. The number of aryl methyl sites for hydroxylation is 1. The van der Waals surface area contributed by atoms with Crippen molar-refractivity contribution < 1.29 is 19.4 Å². The molecular formula is C13H17NO4S. The van der Waals surface area contributed by atoms with E-state index in [-0.39, 0.29) is 12.5 Å². The molecule has 1 amide bonds. The highest BCUT2D eigenvalue weighted by atomic mass is 32.2. The molecule has 5 nitrogen and oxygen atoms in total. The molecule has 0 heterocycles. The van der Waals surface area contributed by atoms with Gasteiger partial charge in [0, 0.05) is 10.5 Å². The number of ether oxygens (including phenoxy) is 1. The Morgan fingerprint density at radius 2 is 2.16 bits per heavy atom. The van der Waals surface area contributed by atoms with E-state index in [0.717, 1.165) is 10.5 Å². The van der Waals surface area contributed by atoms with Gasteiger partial charge in [0.1, 0.15) is 0 Å². The number of carbonyl (C=O) groups excluding carboxylic acids is 2. The quantitative estimate of drug-likeness (QED) is 0.622. The summed E-state index contributed by atoms with van der Waals surface area (Å²) < 4.78 is 4.37. The van der Waals surface area contributed by atoms with Crippen LogP contribution in [-0.2, 0) is 9.53 Å². The number of aliphatic hydroxyl groups excluding tert-OH is 1. The number of thioether (sulfide) groups is 1. The summed E-state index contributed by atoms with van der Waals surface area (Å²) in [5.74, 6) is -1.09. The van der Waals surface area contributed by atoms with E-state index in [0.29, 0.717) is 5.56 Å². The average Bonchev–Trinajstić information content (AvgIpc) is 2.43. The first kappa shape index (κ1) is 15.5. The fourth-order valence-electron chi connectivity index (χ4n) is 1.48. The first-order valence-electron chi connectivity index (χ1n) is 5.68. The molecule has 6 heteroatoms. The second-order valence-corrected chi connectivity index (χ2v) is 4.81. The summed E-state index contributed by atoms with van der Waals surface area (Å²) in [5.41, 5.74) is 1.37. The molecule has 1 unspecified atom stereocenters. The van der Waals surface area contributed by atoms with Crippen LogP contribution in [0.3, 0.4) is 0 Å². The van der Waals surface area contributed by atoms with Gasteiger partial charge in [-0.3, -0.25) is 4.79 Å². The molecular weight excluding hydrogens is 266 g/mol. The molecule has 0 aliphatic heterocycles. The summed E-state index contributed by atoms with van der Waals surface area (Å²) in [5, 5.41) is 11.9. The predicted octanol–water partition coefficient (Wildman–Crippen LogP) is 0.981. The Morgan fingerprint density at radius 3 is 2.74 bits per heavy atom. The van der Waals surface area contributed by atoms with E-state index in [1.165, 1.54) is 18.9 Å². The van der Waals surface area contributed by atoms with Crippen LogP contribution in [0, 0.1) is 6.92 Å². The number of carbonyl (C=O) groups is 2. The largest absolute Gasteiger partial charge is 0.467 e. The SMILES string of the molecule is COC(=O)C(O)CNC(=O)c1cc(SC)ccc1C. The Morgan fingerprint density at radius 1 is 1.47 bits per heavy atom. The van der Waals surface area contributed by atoms with Gasteiger partial charge in [0.2, 0.25) is 0 Å². The Kier molecular flexibility index (Phi) is 5.85. The standard InChI is InChI=1S/C13H17NO4S/c1-8-4-5-9(19-3)6-10(8)12(16)14-7-11(15)13(17)18-2/h4-6,11,15H,7H2,1-3H3,(H,14,16). The average molecular weight is 283 g/mol. The maximum absolute atomic E-state index is 12.0. The van der Waals surface area contributed by atoms with Crippen molar-refractivity contribution in [1.82, 2.24) is 5.32 Å². The van der Waals surface area contributed by atoms with E-state index in [9.17, 15) is 14.7 Å². The normalized spacial score (nSPS) is 11.8. The first-order chi connectivity index (χ1) is 8.99. The number of nitrogens with one attached hydrogen (secondary N) is 1. The number of hydrogen-bond donors (Lipinski definition) is 2. The molecule has 0 aliphatic carbocycles. The third kappa shape index (κ3) is 4.25. The van der Waals surface area contributed by atoms with Crippen LogP contribution in [0.5, 0.6) is 0 Å². The van der Waals surface area contributed by atoms with Crippen LogP contribution in [0.2, 0.25) is 0 Å². The predicted molar refractivity (Wildman–Crippen MR) is 73.3 cm³/mol. The molecule has 0 aromatic heterocycles. The van der Waals surface area contributed by atoms with Crippen LogP contribution < -0.4 is 5.32 Å². The van der Waals surface area contributed by atoms with E-state index in [2.05, 4.69) is 10.1 Å². The van der Waals surface area contributed by atoms with Gasteiger partial charge in [0.05, 0.1) is 13.7 Å². The van der Waals surface area contributed by atoms with Gasteiger partial charge in [-0.05, 0) is 30.9 Å². The molecule has 0 saturated heterocycles. The minimum absolute atomic E-state index is 0.172. The summed E-state index contributed by atoms with van der Waals surface area (Å²) in [6.45, 7) is 1.66. The maximum atomic E-state index is 12.0. The maximum Gasteiger partial charge on any atom is 0.336 e. The summed E-state index contributed by atoms with van der Waals surface area (Å²) in [4.78, 5) is 23.9. The molecule has 0 fully saturated rings. The highest BCUT2D eigenvalue weighted by Crippen LogP contribution is 2.18. The minimum atomic E-state index is -1.35. The van der Waals surface area contributed by atoms with Crippen molar-refractivity contribution >= 4 is 23.6 Å². The third-order valence-corrected chi connectivity index (χ3v) is 3.34. The van der Waals surface area contributed by atoms with Crippen LogP contribution >= 0.6 is 11.8 Å². The molecule has 1 aromatic rings. The van der Waals surface area contributed by atoms with Crippen molar-refractivity contribution in [3.63, 3.8) is 0 Å². The van der Waals surface area contributed by atoms with Gasteiger partial charge in [-0.1, -0.05) is 6.07 Å². The van der Waals surface area contributed by atoms with Crippen molar-refractivity contribution in [3.8, 4) is 0 Å². The molecule has 0 bridgehead atoms. The molecule has 19 heavy (non-hydrogen) atoms. The molecule has 1 atom stereocenters. The lowest BCUT2D eigenvalue weighted by molar-refractivity contribution is -0.149. The van der Waals surface area contributed by atoms with Gasteiger partial charge >= 0.3 is 5.97 Å². The van der Waals surface area contributed by atoms with Crippen LogP contribution in [0.4, 0.5) is 0 Å². The van der Waals surface area contributed by atoms with Crippen LogP contribution in [0.15, 0.2) is 23.1 Å². The first-order valence-corrected chi connectivity index (χ1v) is 6.90. The van der Waals surface area contributed by atoms with E-state index in [1.54, 1.807) is 6.07 Å². The number of hydrogen-bond acceptors (Lipinski definition) is 5. The highest BCUT2D eigenvalue weighted by molar-refractivity contribution is 7.98. The van der Waals surface area contributed by atoms with Gasteiger partial charge in [-0.15, -0.1) is 11.8 Å². The van der Waals surface area contributed by atoms with Crippen molar-refractivity contribution in [2.45, 2.75) is 17.9 Å². The van der Waals surface area contributed by atoms with Gasteiger partial charge in [-0.25, -0.2) is 4.79 Å². The zero-order chi connectivity index (χ0) is 14.4. The van der Waals surface area contributed by atoms with Crippen molar-refractivity contribution in [3.05, 3.63) is 29.3 Å². The number of aliphatic hydroxyl groups is 1. The van der Waals surface area contributed by atoms with Gasteiger partial charge < -0.3 is 15.2 Å². The van der Waals surface area contributed by atoms with Crippen molar-refractivity contribution in [2.24, 2.45) is 0 Å². The molecule has 0 saturated carbocycles. The molecule has 0 aliphatic rings. The second kappa shape index (κ2) is 7.16. The number of amides is 1. The van der Waals surface area contributed by atoms with Gasteiger partial charge in [-0.2, -0.15) is 0 Å². The summed E-state index contributed by atoms with van der Waals surface area (Å²) in [7, 11) is 1.18. The Bertz CT molecular complexity index is 476. The lowest BCUT2D eigenvalue weighted by Crippen LogP contribution is -2.37. The van der Waals surface area contributed by atoms with Crippen molar-refractivity contribution in [1.29, 1.82) is 0 Å². The number of esters is 1. The van der Waals surface area contributed by atoms with E-state index < -0.39 is 12.1 Å². The molecule has 0 radical (unpaired) electrons. The Balaban J connectivity index is 2.70. The minimum Gasteiger partial charge on any atom is -0.467 e. The topological polar surface area (TPSA) is 75.6 Å². The van der Waals surface area contributed by atoms with Gasteiger partial charge in [0.15, 0.2) is 6.10 Å². The van der Waals surface area contributed by atoms with E-state index in [1.807, 2.05) is 25.3 Å². The fraction of sp³-hybridized carbons (Fsp3) is 0.385. The van der Waals surface area contributed by atoms with E-state index >= 15 is 0 Å². The summed E-state index contributed by atoms with van der Waals surface area (Å²) in [6.07, 6.45) is 0.575. The second-order valence-electron chi connectivity index (χ2n) is 3.93. The van der Waals surface area contributed by atoms with Gasteiger partial charge in [0.25, 0.3) is 5.91 Å². The monoisotopic (exact) mass is 283 g/mol.